The normalized spacial score (nSPS) is 19.2. The van der Waals surface area contributed by atoms with E-state index in [0.717, 1.165) is 13.3 Å². The van der Waals surface area contributed by atoms with Crippen LogP contribution in [-0.2, 0) is 4.79 Å². The number of aliphatic carboxylic acids is 1. The Morgan fingerprint density at radius 1 is 1.47 bits per heavy atom. The summed E-state index contributed by atoms with van der Waals surface area (Å²) >= 11 is 0. The smallest absolute Gasteiger partial charge is 0.300 e. The van der Waals surface area contributed by atoms with E-state index in [1.807, 2.05) is 0 Å². The fourth-order valence-corrected chi connectivity index (χ4v) is 1.43. The first kappa shape index (κ1) is 13.8. The van der Waals surface area contributed by atoms with E-state index >= 15 is 0 Å². The van der Waals surface area contributed by atoms with Crippen molar-refractivity contribution >= 4 is 5.97 Å². The van der Waals surface area contributed by atoms with E-state index in [-0.39, 0.29) is 0 Å². The zero-order valence-corrected chi connectivity index (χ0v) is 10.1. The van der Waals surface area contributed by atoms with Crippen molar-refractivity contribution in [2.45, 2.75) is 26.4 Å². The predicted molar refractivity (Wildman–Crippen MR) is 59.8 cm³/mol. The largest absolute Gasteiger partial charge is 0.481 e. The summed E-state index contributed by atoms with van der Waals surface area (Å²) in [6.45, 7) is 3.28. The minimum Gasteiger partial charge on any atom is -0.481 e. The van der Waals surface area contributed by atoms with Crippen molar-refractivity contribution in [3.8, 4) is 0 Å². The van der Waals surface area contributed by atoms with Gasteiger partial charge >= 0.3 is 0 Å². The molecule has 1 unspecified atom stereocenters. The summed E-state index contributed by atoms with van der Waals surface area (Å²) in [5.41, 5.74) is 0. The van der Waals surface area contributed by atoms with Crippen molar-refractivity contribution in [1.82, 2.24) is 14.9 Å². The minimum atomic E-state index is -0.833. The van der Waals surface area contributed by atoms with Gasteiger partial charge in [0.25, 0.3) is 5.97 Å². The van der Waals surface area contributed by atoms with Gasteiger partial charge in [-0.1, -0.05) is 6.92 Å². The van der Waals surface area contributed by atoms with Crippen LogP contribution in [0.25, 0.3) is 0 Å². The van der Waals surface area contributed by atoms with Gasteiger partial charge in [0.15, 0.2) is 0 Å². The van der Waals surface area contributed by atoms with Crippen LogP contribution < -0.4 is 0 Å². The van der Waals surface area contributed by atoms with Crippen molar-refractivity contribution in [1.29, 1.82) is 0 Å². The molecule has 0 aliphatic carbocycles. The first-order chi connectivity index (χ1) is 6.90. The molecular formula is C10H21N3O2. The molecule has 0 aromatic rings. The maximum absolute atomic E-state index is 9.00. The summed E-state index contributed by atoms with van der Waals surface area (Å²) < 4.78 is 0. The molecular weight excluding hydrogens is 194 g/mol. The molecule has 1 heterocycles. The van der Waals surface area contributed by atoms with Gasteiger partial charge in [-0.15, -0.1) is 0 Å². The summed E-state index contributed by atoms with van der Waals surface area (Å²) in [5, 5.41) is 11.7. The van der Waals surface area contributed by atoms with E-state index in [0.29, 0.717) is 6.17 Å². The molecule has 5 nitrogen and oxygen atoms in total. The third-order valence-corrected chi connectivity index (χ3v) is 2.06. The quantitative estimate of drug-likeness (QED) is 0.745. The molecule has 1 atom stereocenters. The molecule has 0 spiro atoms. The molecule has 1 aliphatic rings. The molecule has 0 radical (unpaired) electrons. The molecule has 0 aromatic carbocycles. The molecule has 15 heavy (non-hydrogen) atoms. The van der Waals surface area contributed by atoms with Crippen LogP contribution in [-0.4, -0.2) is 53.3 Å². The summed E-state index contributed by atoms with van der Waals surface area (Å²) in [7, 11) is 6.23. The number of carboxylic acid groups (broad SMARTS) is 1. The highest BCUT2D eigenvalue weighted by atomic mass is 16.4. The van der Waals surface area contributed by atoms with Gasteiger partial charge in [-0.05, 0) is 6.42 Å². The molecule has 0 aromatic heterocycles. The van der Waals surface area contributed by atoms with E-state index in [2.05, 4.69) is 55.4 Å². The van der Waals surface area contributed by atoms with E-state index in [4.69, 9.17) is 9.90 Å². The number of hydrogen-bond donors (Lipinski definition) is 1. The van der Waals surface area contributed by atoms with Gasteiger partial charge in [0, 0.05) is 40.5 Å². The summed E-state index contributed by atoms with van der Waals surface area (Å²) in [4.78, 5) is 11.2. The monoisotopic (exact) mass is 215 g/mol. The lowest BCUT2D eigenvalue weighted by Gasteiger charge is -2.33. The van der Waals surface area contributed by atoms with Crippen LogP contribution in [0.2, 0.25) is 0 Å². The summed E-state index contributed by atoms with van der Waals surface area (Å²) in [5.74, 6) is -0.833. The fraction of sp³-hybridized carbons (Fsp3) is 0.700. The van der Waals surface area contributed by atoms with Crippen molar-refractivity contribution in [2.75, 3.05) is 21.1 Å². The predicted octanol–water partition coefficient (Wildman–Crippen LogP) is 1.01. The van der Waals surface area contributed by atoms with E-state index in [1.54, 1.807) is 0 Å². The highest BCUT2D eigenvalue weighted by Gasteiger charge is 2.22. The van der Waals surface area contributed by atoms with Crippen LogP contribution in [0.1, 0.15) is 20.3 Å². The highest BCUT2D eigenvalue weighted by molar-refractivity contribution is 5.62. The van der Waals surface area contributed by atoms with Crippen molar-refractivity contribution in [2.24, 2.45) is 0 Å². The molecule has 0 fully saturated rings. The molecule has 1 rings (SSSR count). The third-order valence-electron chi connectivity index (χ3n) is 2.06. The molecule has 1 aliphatic heterocycles. The van der Waals surface area contributed by atoms with Crippen LogP contribution in [0, 0.1) is 0 Å². The van der Waals surface area contributed by atoms with Gasteiger partial charge in [-0.25, -0.2) is 5.01 Å². The molecule has 88 valence electrons. The zero-order chi connectivity index (χ0) is 12.0. The van der Waals surface area contributed by atoms with E-state index in [1.165, 1.54) is 0 Å². The Morgan fingerprint density at radius 2 is 1.93 bits per heavy atom. The van der Waals surface area contributed by atoms with E-state index < -0.39 is 5.97 Å². The second-order valence-corrected chi connectivity index (χ2v) is 3.60. The Hall–Kier alpha value is -1.23. The van der Waals surface area contributed by atoms with Crippen LogP contribution in [0.3, 0.4) is 0 Å². The second kappa shape index (κ2) is 6.29. The van der Waals surface area contributed by atoms with Gasteiger partial charge in [0.1, 0.15) is 6.17 Å². The lowest BCUT2D eigenvalue weighted by Crippen LogP contribution is -2.43. The number of carboxylic acids is 1. The Morgan fingerprint density at radius 3 is 2.20 bits per heavy atom. The first-order valence-corrected chi connectivity index (χ1v) is 4.95. The van der Waals surface area contributed by atoms with E-state index in [9.17, 15) is 0 Å². The molecule has 0 saturated heterocycles. The molecule has 0 bridgehead atoms. The van der Waals surface area contributed by atoms with Gasteiger partial charge in [-0.3, -0.25) is 9.80 Å². The number of rotatable bonds is 2. The van der Waals surface area contributed by atoms with Crippen LogP contribution in [0.4, 0.5) is 0 Å². The lowest BCUT2D eigenvalue weighted by molar-refractivity contribution is -0.134. The van der Waals surface area contributed by atoms with Crippen molar-refractivity contribution in [3.05, 3.63) is 12.4 Å². The summed E-state index contributed by atoms with van der Waals surface area (Å²) in [6.07, 6.45) is 5.86. The SMILES string of the molecule is CC(=O)O.CCC1N(C)C=CN1N(C)C. The van der Waals surface area contributed by atoms with Gasteiger partial charge in [-0.2, -0.15) is 0 Å². The Bertz CT molecular complexity index is 225. The standard InChI is InChI=1S/C8H17N3.C2H4O2/c1-5-8-10(4)6-7-11(8)9(2)3;1-2(3)4/h6-8H,5H2,1-4H3;1H3,(H,3,4). The van der Waals surface area contributed by atoms with Crippen LogP contribution in [0.15, 0.2) is 12.4 Å². The highest BCUT2D eigenvalue weighted by Crippen LogP contribution is 2.16. The van der Waals surface area contributed by atoms with Crippen molar-refractivity contribution < 1.29 is 9.90 Å². The number of hydrogen-bond acceptors (Lipinski definition) is 4. The van der Waals surface area contributed by atoms with Gasteiger partial charge in [0.2, 0.25) is 0 Å². The topological polar surface area (TPSA) is 47.0 Å². The van der Waals surface area contributed by atoms with Gasteiger partial charge in [0.05, 0.1) is 0 Å². The number of nitrogens with zero attached hydrogens (tertiary/aromatic N) is 3. The number of hydrazine groups is 1. The average molecular weight is 215 g/mol. The molecule has 0 saturated carbocycles. The molecule has 5 heteroatoms. The molecule has 0 amide bonds. The maximum Gasteiger partial charge on any atom is 0.300 e. The zero-order valence-electron chi connectivity index (χ0n) is 10.1. The summed E-state index contributed by atoms with van der Waals surface area (Å²) in [6, 6.07) is 0. The first-order valence-electron chi connectivity index (χ1n) is 4.95. The average Bonchev–Trinajstić information content (AvgIpc) is 2.45. The van der Waals surface area contributed by atoms with Crippen LogP contribution >= 0.6 is 0 Å². The Kier molecular flexibility index (Phi) is 5.77. The second-order valence-electron chi connectivity index (χ2n) is 3.60. The number of carbonyl (C=O) groups is 1. The fourth-order valence-electron chi connectivity index (χ4n) is 1.43. The van der Waals surface area contributed by atoms with Gasteiger partial charge < -0.3 is 10.0 Å². The maximum atomic E-state index is 9.00. The molecule has 1 N–H and O–H groups in total. The third kappa shape index (κ3) is 4.69. The Balaban J connectivity index is 0.000000423. The van der Waals surface area contributed by atoms with Crippen LogP contribution in [0.5, 0.6) is 0 Å². The Labute approximate surface area is 91.5 Å². The minimum absolute atomic E-state index is 0.505. The van der Waals surface area contributed by atoms with Crippen molar-refractivity contribution in [3.63, 3.8) is 0 Å². The lowest BCUT2D eigenvalue weighted by atomic mass is 10.3.